The summed E-state index contributed by atoms with van der Waals surface area (Å²) in [5.74, 6) is 6.01. The van der Waals surface area contributed by atoms with Crippen LogP contribution in [-0.2, 0) is 11.2 Å². The number of ether oxygens (including phenoxy) is 1. The second-order valence-corrected chi connectivity index (χ2v) is 7.04. The Morgan fingerprint density at radius 2 is 2.03 bits per heavy atom. The normalized spacial score (nSPS) is 14.3. The summed E-state index contributed by atoms with van der Waals surface area (Å²) >= 11 is 0. The molecule has 3 aromatic rings. The van der Waals surface area contributed by atoms with Crippen molar-refractivity contribution in [1.82, 2.24) is 15.3 Å². The Morgan fingerprint density at radius 1 is 1.21 bits per heavy atom. The van der Waals surface area contributed by atoms with Gasteiger partial charge in [0.2, 0.25) is 0 Å². The monoisotopic (exact) mass is 383 g/mol. The fourth-order valence-corrected chi connectivity index (χ4v) is 3.29. The number of carbonyl (C=O) groups is 1. The summed E-state index contributed by atoms with van der Waals surface area (Å²) in [5, 5.41) is 2.83. The Kier molecular flexibility index (Phi) is 5.26. The fourth-order valence-electron chi connectivity index (χ4n) is 3.29. The van der Waals surface area contributed by atoms with E-state index in [-0.39, 0.29) is 12.0 Å². The fraction of sp³-hybridized carbons (Fsp3) is 0.208. The van der Waals surface area contributed by atoms with Crippen molar-refractivity contribution in [3.63, 3.8) is 0 Å². The number of nitrogens with zero attached hydrogens (tertiary/aromatic N) is 2. The molecule has 4 rings (SSSR count). The van der Waals surface area contributed by atoms with Crippen LogP contribution in [0.25, 0.3) is 11.3 Å². The molecule has 1 unspecified atom stereocenters. The van der Waals surface area contributed by atoms with Crippen LogP contribution in [0.2, 0.25) is 0 Å². The maximum atomic E-state index is 12.0. The molecule has 2 aromatic carbocycles. The Hall–Kier alpha value is -3.65. The summed E-state index contributed by atoms with van der Waals surface area (Å²) in [7, 11) is 0. The number of aryl methyl sites for hydroxylation is 2. The maximum absolute atomic E-state index is 12.0. The number of benzene rings is 2. The Bertz CT molecular complexity index is 1110. The van der Waals surface area contributed by atoms with E-state index in [0.717, 1.165) is 45.9 Å². The van der Waals surface area contributed by atoms with E-state index in [1.54, 1.807) is 6.20 Å². The van der Waals surface area contributed by atoms with Gasteiger partial charge < -0.3 is 10.1 Å². The second-order valence-electron chi connectivity index (χ2n) is 7.04. The maximum Gasteiger partial charge on any atom is 0.296 e. The smallest absolute Gasteiger partial charge is 0.296 e. The summed E-state index contributed by atoms with van der Waals surface area (Å²) in [4.78, 5) is 21.0. The lowest BCUT2D eigenvalue weighted by molar-refractivity contribution is -0.116. The van der Waals surface area contributed by atoms with E-state index in [4.69, 9.17) is 4.74 Å². The standard InChI is InChI=1S/C24H21N3O2/c1-16-14-25-17(2)24(27-16)19-9-10-22-20(12-19)13-21(29-22)15-26-23(28)11-8-18-6-4-3-5-7-18/h3-7,9-10,12,14,21H,13,15H2,1-2H3,(H,26,28). The van der Waals surface area contributed by atoms with E-state index >= 15 is 0 Å². The number of aromatic nitrogens is 2. The highest BCUT2D eigenvalue weighted by Gasteiger charge is 2.24. The minimum Gasteiger partial charge on any atom is -0.488 e. The first-order valence-electron chi connectivity index (χ1n) is 9.53. The van der Waals surface area contributed by atoms with Crippen LogP contribution in [0.5, 0.6) is 5.75 Å². The molecule has 0 radical (unpaired) electrons. The van der Waals surface area contributed by atoms with Gasteiger partial charge in [-0.1, -0.05) is 24.1 Å². The molecule has 1 aliphatic rings. The van der Waals surface area contributed by atoms with E-state index in [9.17, 15) is 4.79 Å². The SMILES string of the molecule is Cc1cnc(C)c(-c2ccc3c(c2)CC(CNC(=O)C#Cc2ccccc2)O3)n1. The number of hydrogen-bond acceptors (Lipinski definition) is 4. The van der Waals surface area contributed by atoms with Crippen LogP contribution >= 0.6 is 0 Å². The molecule has 0 bridgehead atoms. The summed E-state index contributed by atoms with van der Waals surface area (Å²) in [6.45, 7) is 4.31. The molecule has 1 amide bonds. The van der Waals surface area contributed by atoms with Crippen molar-refractivity contribution in [2.24, 2.45) is 0 Å². The summed E-state index contributed by atoms with van der Waals surface area (Å²) in [6.07, 6.45) is 2.40. The van der Waals surface area contributed by atoms with Gasteiger partial charge in [0.05, 0.1) is 23.6 Å². The molecule has 0 aliphatic carbocycles. The van der Waals surface area contributed by atoms with E-state index in [0.29, 0.717) is 6.54 Å². The lowest BCUT2D eigenvalue weighted by Crippen LogP contribution is -2.33. The molecule has 0 saturated heterocycles. The van der Waals surface area contributed by atoms with Crippen LogP contribution in [0.3, 0.4) is 0 Å². The average molecular weight is 383 g/mol. The summed E-state index contributed by atoms with van der Waals surface area (Å²) in [5.41, 5.74) is 5.63. The number of hydrogen-bond donors (Lipinski definition) is 1. The third-order valence-corrected chi connectivity index (χ3v) is 4.74. The quantitative estimate of drug-likeness (QED) is 0.706. The third-order valence-electron chi connectivity index (χ3n) is 4.74. The lowest BCUT2D eigenvalue weighted by atomic mass is 10.0. The number of fused-ring (bicyclic) bond motifs is 1. The summed E-state index contributed by atoms with van der Waals surface area (Å²) < 4.78 is 5.97. The minimum atomic E-state index is -0.306. The highest BCUT2D eigenvalue weighted by molar-refractivity contribution is 5.94. The zero-order valence-electron chi connectivity index (χ0n) is 16.4. The molecule has 29 heavy (non-hydrogen) atoms. The van der Waals surface area contributed by atoms with Gasteiger partial charge >= 0.3 is 0 Å². The minimum absolute atomic E-state index is 0.104. The Morgan fingerprint density at radius 3 is 2.86 bits per heavy atom. The molecule has 2 heterocycles. The average Bonchev–Trinajstić information content (AvgIpc) is 3.15. The number of nitrogens with one attached hydrogen (secondary N) is 1. The van der Waals surface area contributed by atoms with Gasteiger partial charge in [0.15, 0.2) is 0 Å². The van der Waals surface area contributed by atoms with Crippen LogP contribution in [0.1, 0.15) is 22.5 Å². The van der Waals surface area contributed by atoms with Crippen molar-refractivity contribution >= 4 is 5.91 Å². The molecule has 0 saturated carbocycles. The van der Waals surface area contributed by atoms with Gasteiger partial charge in [-0.25, -0.2) is 4.98 Å². The number of carbonyl (C=O) groups excluding carboxylic acids is 1. The zero-order chi connectivity index (χ0) is 20.2. The van der Waals surface area contributed by atoms with Crippen LogP contribution in [0, 0.1) is 25.7 Å². The molecule has 1 atom stereocenters. The van der Waals surface area contributed by atoms with Crippen LogP contribution in [0.15, 0.2) is 54.7 Å². The molecular formula is C24H21N3O2. The Balaban J connectivity index is 1.39. The van der Waals surface area contributed by atoms with E-state index in [1.807, 2.05) is 56.3 Å². The first-order chi connectivity index (χ1) is 14.1. The van der Waals surface area contributed by atoms with E-state index < -0.39 is 0 Å². The summed E-state index contributed by atoms with van der Waals surface area (Å²) in [6, 6.07) is 15.5. The molecule has 0 spiro atoms. The van der Waals surface area contributed by atoms with Crippen molar-refractivity contribution in [1.29, 1.82) is 0 Å². The predicted molar refractivity (Wildman–Crippen MR) is 111 cm³/mol. The van der Waals surface area contributed by atoms with Gasteiger partial charge in [0.1, 0.15) is 11.9 Å². The molecule has 144 valence electrons. The van der Waals surface area contributed by atoms with Gasteiger partial charge in [0.25, 0.3) is 5.91 Å². The molecule has 1 aliphatic heterocycles. The van der Waals surface area contributed by atoms with E-state index in [1.165, 1.54) is 0 Å². The van der Waals surface area contributed by atoms with Gasteiger partial charge in [-0.15, -0.1) is 0 Å². The van der Waals surface area contributed by atoms with Gasteiger partial charge in [-0.05, 0) is 49.7 Å². The van der Waals surface area contributed by atoms with Crippen molar-refractivity contribution in [3.05, 3.63) is 77.2 Å². The molecule has 1 aromatic heterocycles. The molecule has 0 fully saturated rings. The highest BCUT2D eigenvalue weighted by Crippen LogP contribution is 2.33. The van der Waals surface area contributed by atoms with Gasteiger partial charge in [0, 0.05) is 29.7 Å². The van der Waals surface area contributed by atoms with Crippen LogP contribution in [0.4, 0.5) is 0 Å². The van der Waals surface area contributed by atoms with Crippen molar-refractivity contribution in [3.8, 4) is 28.8 Å². The van der Waals surface area contributed by atoms with E-state index in [2.05, 4.69) is 33.2 Å². The zero-order valence-corrected chi connectivity index (χ0v) is 16.4. The number of rotatable bonds is 3. The molecule has 5 nitrogen and oxygen atoms in total. The van der Waals surface area contributed by atoms with Crippen molar-refractivity contribution < 1.29 is 9.53 Å². The third kappa shape index (κ3) is 4.44. The molecular weight excluding hydrogens is 362 g/mol. The second kappa shape index (κ2) is 8.15. The largest absolute Gasteiger partial charge is 0.488 e. The Labute approximate surface area is 170 Å². The van der Waals surface area contributed by atoms with Crippen LogP contribution < -0.4 is 10.1 Å². The highest BCUT2D eigenvalue weighted by atomic mass is 16.5. The first kappa shape index (κ1) is 18.7. The molecule has 1 N–H and O–H groups in total. The first-order valence-corrected chi connectivity index (χ1v) is 9.53. The van der Waals surface area contributed by atoms with Crippen molar-refractivity contribution in [2.75, 3.05) is 6.54 Å². The van der Waals surface area contributed by atoms with Crippen molar-refractivity contribution in [2.45, 2.75) is 26.4 Å². The van der Waals surface area contributed by atoms with Crippen LogP contribution in [-0.4, -0.2) is 28.5 Å². The molecule has 5 heteroatoms. The van der Waals surface area contributed by atoms with Gasteiger partial charge in [-0.3, -0.25) is 9.78 Å². The number of amides is 1. The topological polar surface area (TPSA) is 64.1 Å². The van der Waals surface area contributed by atoms with Gasteiger partial charge in [-0.2, -0.15) is 0 Å². The lowest BCUT2D eigenvalue weighted by Gasteiger charge is -2.10. The predicted octanol–water partition coefficient (Wildman–Crippen LogP) is 3.23.